The van der Waals surface area contributed by atoms with Crippen LogP contribution in [0.1, 0.15) is 18.1 Å². The first kappa shape index (κ1) is 23.8. The first-order valence-corrected chi connectivity index (χ1v) is 11.6. The van der Waals surface area contributed by atoms with E-state index in [1.807, 2.05) is 48.7 Å². The zero-order chi connectivity index (χ0) is 25.9. The number of carboxylic acid groups (broad SMARTS) is 1. The number of nitrogens with two attached hydrogens (primary N) is 1. The van der Waals surface area contributed by atoms with E-state index in [2.05, 4.69) is 37.7 Å². The van der Waals surface area contributed by atoms with E-state index >= 15 is 0 Å². The summed E-state index contributed by atoms with van der Waals surface area (Å²) in [5.74, 6) is -0.833. The molecule has 0 saturated heterocycles. The molecule has 3 heterocycles. The second kappa shape index (κ2) is 10.00. The first-order chi connectivity index (χ1) is 17.9. The molecule has 0 spiro atoms. The predicted molar refractivity (Wildman–Crippen MR) is 143 cm³/mol. The third-order valence-electron chi connectivity index (χ3n) is 5.91. The maximum Gasteiger partial charge on any atom is 0.300 e. The van der Waals surface area contributed by atoms with Crippen molar-refractivity contribution in [3.63, 3.8) is 0 Å². The zero-order valence-electron chi connectivity index (χ0n) is 20.0. The number of para-hydroxylation sites is 1. The van der Waals surface area contributed by atoms with Gasteiger partial charge in [-0.2, -0.15) is 0 Å². The van der Waals surface area contributed by atoms with Gasteiger partial charge in [0, 0.05) is 55.1 Å². The maximum absolute atomic E-state index is 13.1. The van der Waals surface area contributed by atoms with Crippen LogP contribution in [-0.2, 0) is 17.9 Å². The van der Waals surface area contributed by atoms with E-state index in [4.69, 9.17) is 20.6 Å². The van der Waals surface area contributed by atoms with Crippen LogP contribution in [0, 0.1) is 0 Å². The van der Waals surface area contributed by atoms with E-state index in [1.165, 1.54) is 0 Å². The Morgan fingerprint density at radius 2 is 1.68 bits per heavy atom. The van der Waals surface area contributed by atoms with E-state index < -0.39 is 5.97 Å². The van der Waals surface area contributed by atoms with Crippen LogP contribution in [0.4, 0.5) is 0 Å². The Bertz CT molecular complexity index is 1820. The van der Waals surface area contributed by atoms with Gasteiger partial charge in [0.05, 0.1) is 22.1 Å². The normalized spacial score (nSPS) is 11.0. The van der Waals surface area contributed by atoms with Crippen LogP contribution in [0.2, 0.25) is 0 Å². The smallest absolute Gasteiger partial charge is 0.300 e. The van der Waals surface area contributed by atoms with Gasteiger partial charge >= 0.3 is 0 Å². The SMILES string of the molecule is CC(=O)O.NCc1cccc(Cn2cc(-c3nc4cc5nccnc5cc4[nH]c3=O)c3ccccc32)c1. The summed E-state index contributed by atoms with van der Waals surface area (Å²) in [5, 5.41) is 8.39. The van der Waals surface area contributed by atoms with Gasteiger partial charge < -0.3 is 20.4 Å². The molecule has 0 bridgehead atoms. The lowest BCUT2D eigenvalue weighted by atomic mass is 10.1. The van der Waals surface area contributed by atoms with Crippen molar-refractivity contribution in [2.45, 2.75) is 20.0 Å². The van der Waals surface area contributed by atoms with Gasteiger partial charge in [0.1, 0.15) is 5.69 Å². The summed E-state index contributed by atoms with van der Waals surface area (Å²) in [4.78, 5) is 38.5. The summed E-state index contributed by atoms with van der Waals surface area (Å²) in [6.07, 6.45) is 5.28. The summed E-state index contributed by atoms with van der Waals surface area (Å²) in [6, 6.07) is 20.0. The molecule has 3 aromatic carbocycles. The van der Waals surface area contributed by atoms with E-state index in [1.54, 1.807) is 12.4 Å². The van der Waals surface area contributed by atoms with Crippen molar-refractivity contribution in [2.24, 2.45) is 5.73 Å². The minimum atomic E-state index is -0.833. The van der Waals surface area contributed by atoms with Gasteiger partial charge in [-0.05, 0) is 29.3 Å². The fourth-order valence-electron chi connectivity index (χ4n) is 4.35. The van der Waals surface area contributed by atoms with Crippen LogP contribution in [0.3, 0.4) is 0 Å². The van der Waals surface area contributed by atoms with Crippen LogP contribution >= 0.6 is 0 Å². The van der Waals surface area contributed by atoms with E-state index in [-0.39, 0.29) is 5.56 Å². The van der Waals surface area contributed by atoms with Gasteiger partial charge in [-0.3, -0.25) is 19.6 Å². The van der Waals surface area contributed by atoms with Gasteiger partial charge in [-0.25, -0.2) is 4.98 Å². The molecule has 184 valence electrons. The molecule has 6 rings (SSSR count). The number of aromatic nitrogens is 5. The van der Waals surface area contributed by atoms with Crippen LogP contribution in [0.15, 0.2) is 84.0 Å². The van der Waals surface area contributed by atoms with Crippen molar-refractivity contribution in [1.29, 1.82) is 0 Å². The number of nitrogens with one attached hydrogen (secondary N) is 1. The number of hydrogen-bond donors (Lipinski definition) is 3. The molecule has 9 heteroatoms. The van der Waals surface area contributed by atoms with Gasteiger partial charge in [-0.1, -0.05) is 42.5 Å². The van der Waals surface area contributed by atoms with Gasteiger partial charge in [0.2, 0.25) is 0 Å². The molecule has 4 N–H and O–H groups in total. The molecule has 3 aromatic heterocycles. The molecule has 0 fully saturated rings. The number of carboxylic acids is 1. The van der Waals surface area contributed by atoms with Crippen molar-refractivity contribution < 1.29 is 9.90 Å². The van der Waals surface area contributed by atoms with E-state index in [0.29, 0.717) is 35.3 Å². The quantitative estimate of drug-likeness (QED) is 0.315. The molecule has 0 atom stereocenters. The van der Waals surface area contributed by atoms with Gasteiger partial charge in [0.15, 0.2) is 0 Å². The number of aliphatic carboxylic acids is 1. The van der Waals surface area contributed by atoms with Crippen molar-refractivity contribution in [3.05, 3.63) is 101 Å². The number of nitrogens with zero attached hydrogens (tertiary/aromatic N) is 4. The number of carbonyl (C=O) groups is 1. The standard InChI is InChI=1S/C26H20N6O.C2H4O2/c27-13-16-4-3-5-17(10-16)14-32-15-19(18-6-1-2-7-24(18)32)25-26(33)31-23-12-21-20(11-22(23)30-25)28-8-9-29-21;1-2(3)4/h1-12,15H,13-14,27H2,(H,31,33);1H3,(H,3,4). The molecule has 0 aliphatic carbocycles. The fourth-order valence-corrected chi connectivity index (χ4v) is 4.35. The third-order valence-corrected chi connectivity index (χ3v) is 5.91. The Morgan fingerprint density at radius 1 is 0.973 bits per heavy atom. The van der Waals surface area contributed by atoms with E-state index in [0.717, 1.165) is 40.0 Å². The number of H-pyrrole nitrogens is 1. The minimum Gasteiger partial charge on any atom is -0.481 e. The Hall–Kier alpha value is -4.89. The molecule has 6 aromatic rings. The summed E-state index contributed by atoms with van der Waals surface area (Å²) in [7, 11) is 0. The molecule has 0 saturated carbocycles. The van der Waals surface area contributed by atoms with Gasteiger partial charge in [-0.15, -0.1) is 0 Å². The largest absolute Gasteiger partial charge is 0.481 e. The topological polar surface area (TPSA) is 140 Å². The third kappa shape index (κ3) is 4.93. The zero-order valence-corrected chi connectivity index (χ0v) is 20.0. The highest BCUT2D eigenvalue weighted by molar-refractivity contribution is 5.97. The van der Waals surface area contributed by atoms with Crippen molar-refractivity contribution in [3.8, 4) is 11.3 Å². The average Bonchev–Trinajstić information content (AvgIpc) is 3.25. The summed E-state index contributed by atoms with van der Waals surface area (Å²) in [5.41, 5.74) is 12.8. The number of aromatic amines is 1. The minimum absolute atomic E-state index is 0.237. The van der Waals surface area contributed by atoms with Crippen LogP contribution in [0.5, 0.6) is 0 Å². The predicted octanol–water partition coefficient (Wildman–Crippen LogP) is 4.09. The monoisotopic (exact) mass is 492 g/mol. The van der Waals surface area contributed by atoms with Gasteiger partial charge in [0.25, 0.3) is 11.5 Å². The Kier molecular flexibility index (Phi) is 6.44. The summed E-state index contributed by atoms with van der Waals surface area (Å²) < 4.78 is 2.15. The molecule has 37 heavy (non-hydrogen) atoms. The Labute approximate surface area is 211 Å². The molecule has 9 nitrogen and oxygen atoms in total. The highest BCUT2D eigenvalue weighted by Gasteiger charge is 2.16. The van der Waals surface area contributed by atoms with Crippen molar-refractivity contribution in [2.75, 3.05) is 0 Å². The average molecular weight is 493 g/mol. The first-order valence-electron chi connectivity index (χ1n) is 11.6. The molecule has 0 radical (unpaired) electrons. The van der Waals surface area contributed by atoms with Crippen LogP contribution < -0.4 is 11.3 Å². The van der Waals surface area contributed by atoms with Crippen molar-refractivity contribution >= 4 is 38.9 Å². The highest BCUT2D eigenvalue weighted by Crippen LogP contribution is 2.29. The molecule has 0 aliphatic rings. The molecular weight excluding hydrogens is 468 g/mol. The summed E-state index contributed by atoms with van der Waals surface area (Å²) >= 11 is 0. The molecular formula is C28H24N6O3. The van der Waals surface area contributed by atoms with Crippen LogP contribution in [-0.4, -0.2) is 35.6 Å². The number of fused-ring (bicyclic) bond motifs is 3. The Balaban J connectivity index is 0.000000655. The highest BCUT2D eigenvalue weighted by atomic mass is 16.4. The van der Waals surface area contributed by atoms with Crippen molar-refractivity contribution in [1.82, 2.24) is 24.5 Å². The second-order valence-electron chi connectivity index (χ2n) is 8.56. The molecule has 0 aliphatic heterocycles. The van der Waals surface area contributed by atoms with E-state index in [9.17, 15) is 4.79 Å². The molecule has 0 amide bonds. The Morgan fingerprint density at radius 3 is 2.43 bits per heavy atom. The number of rotatable bonds is 4. The maximum atomic E-state index is 13.1. The number of benzene rings is 3. The lowest BCUT2D eigenvalue weighted by Gasteiger charge is -2.07. The fraction of sp³-hybridized carbons (Fsp3) is 0.107. The summed E-state index contributed by atoms with van der Waals surface area (Å²) in [6.45, 7) is 2.25. The van der Waals surface area contributed by atoms with Crippen LogP contribution in [0.25, 0.3) is 44.2 Å². The lowest BCUT2D eigenvalue weighted by molar-refractivity contribution is -0.134. The number of hydrogen-bond acceptors (Lipinski definition) is 6. The second-order valence-corrected chi connectivity index (χ2v) is 8.56. The lowest BCUT2D eigenvalue weighted by Crippen LogP contribution is -2.11. The molecule has 0 unspecified atom stereocenters.